The van der Waals surface area contributed by atoms with Crippen molar-refractivity contribution in [1.29, 1.82) is 0 Å². The summed E-state index contributed by atoms with van der Waals surface area (Å²) < 4.78 is 0. The summed E-state index contributed by atoms with van der Waals surface area (Å²) in [6, 6.07) is 6.47. The van der Waals surface area contributed by atoms with Gasteiger partial charge in [-0.05, 0) is 43.4 Å². The predicted octanol–water partition coefficient (Wildman–Crippen LogP) is 1.56. The van der Waals surface area contributed by atoms with E-state index >= 15 is 0 Å². The number of hydrogen-bond acceptors (Lipinski definition) is 3. The Morgan fingerprint density at radius 3 is 2.70 bits per heavy atom. The zero-order valence-corrected chi connectivity index (χ0v) is 11.7. The monoisotopic (exact) mass is 296 g/mol. The molecule has 0 aliphatic heterocycles. The average Bonchev–Trinajstić information content (AvgIpc) is 3.22. The van der Waals surface area contributed by atoms with Gasteiger partial charge in [-0.3, -0.25) is 9.59 Å². The van der Waals surface area contributed by atoms with Gasteiger partial charge in [0.05, 0.1) is 0 Å². The minimum atomic E-state index is -0.726. The lowest BCUT2D eigenvalue weighted by atomic mass is 10.1. The summed E-state index contributed by atoms with van der Waals surface area (Å²) >= 11 is 5.80. The third kappa shape index (κ3) is 4.21. The first-order valence-electron chi connectivity index (χ1n) is 6.58. The van der Waals surface area contributed by atoms with Gasteiger partial charge in [-0.15, -0.1) is 0 Å². The van der Waals surface area contributed by atoms with Gasteiger partial charge >= 0.3 is 11.8 Å². The van der Waals surface area contributed by atoms with Gasteiger partial charge in [0.15, 0.2) is 0 Å². The normalized spacial score (nSPS) is 15.5. The Hall–Kier alpha value is -1.59. The number of rotatable bonds is 5. The zero-order valence-electron chi connectivity index (χ0n) is 10.9. The van der Waals surface area contributed by atoms with Crippen molar-refractivity contribution in [2.45, 2.75) is 25.3 Å². The van der Waals surface area contributed by atoms with Gasteiger partial charge in [0, 0.05) is 23.4 Å². The van der Waals surface area contributed by atoms with E-state index in [9.17, 15) is 9.59 Å². The fraction of sp³-hybridized carbons (Fsp3) is 0.429. The van der Waals surface area contributed by atoms with E-state index in [2.05, 4.69) is 10.6 Å². The number of carbonyl (C=O) groups is 2. The first kappa shape index (κ1) is 14.8. The van der Waals surface area contributed by atoms with Gasteiger partial charge in [0.2, 0.25) is 0 Å². The van der Waals surface area contributed by atoms with E-state index in [1.165, 1.54) is 0 Å². The van der Waals surface area contributed by atoms with Crippen molar-refractivity contribution < 1.29 is 14.7 Å². The molecule has 1 atom stereocenters. The van der Waals surface area contributed by atoms with Crippen molar-refractivity contribution >= 4 is 29.1 Å². The number of hydrogen-bond donors (Lipinski definition) is 3. The molecular weight excluding hydrogens is 280 g/mol. The van der Waals surface area contributed by atoms with Crippen molar-refractivity contribution in [3.8, 4) is 0 Å². The molecule has 1 saturated carbocycles. The molecule has 6 heteroatoms. The highest BCUT2D eigenvalue weighted by Crippen LogP contribution is 2.33. The first-order chi connectivity index (χ1) is 9.60. The summed E-state index contributed by atoms with van der Waals surface area (Å²) in [5.41, 5.74) is 0.475. The minimum Gasteiger partial charge on any atom is -0.396 e. The molecule has 0 bridgehead atoms. The van der Waals surface area contributed by atoms with E-state index < -0.39 is 11.8 Å². The summed E-state index contributed by atoms with van der Waals surface area (Å²) in [4.78, 5) is 23.6. The summed E-state index contributed by atoms with van der Waals surface area (Å²) in [6.45, 7) is -0.00262. The third-order valence-corrected chi connectivity index (χ3v) is 3.47. The number of halogens is 1. The van der Waals surface area contributed by atoms with E-state index in [4.69, 9.17) is 16.7 Å². The first-order valence-corrected chi connectivity index (χ1v) is 6.96. The number of carbonyl (C=O) groups excluding carboxylic acids is 2. The maximum absolute atomic E-state index is 11.8. The molecule has 1 aromatic rings. The SMILES string of the molecule is O=C(Nc1cccc(Cl)c1)C(=O)NC(CCO)C1CC1. The van der Waals surface area contributed by atoms with Crippen molar-refractivity contribution in [1.82, 2.24) is 5.32 Å². The number of aliphatic hydroxyl groups excluding tert-OH is 1. The highest BCUT2D eigenvalue weighted by molar-refractivity contribution is 6.40. The number of nitrogens with one attached hydrogen (secondary N) is 2. The van der Waals surface area contributed by atoms with Crippen LogP contribution in [0.15, 0.2) is 24.3 Å². The number of anilines is 1. The summed E-state index contributed by atoms with van der Waals surface area (Å²) in [5.74, 6) is -1.03. The van der Waals surface area contributed by atoms with Crippen molar-refractivity contribution in [3.05, 3.63) is 29.3 Å². The molecular formula is C14H17ClN2O3. The molecule has 108 valence electrons. The molecule has 20 heavy (non-hydrogen) atoms. The van der Waals surface area contributed by atoms with Gasteiger partial charge in [0.25, 0.3) is 0 Å². The van der Waals surface area contributed by atoms with Crippen LogP contribution in [-0.2, 0) is 9.59 Å². The van der Waals surface area contributed by atoms with Crippen molar-refractivity contribution in [3.63, 3.8) is 0 Å². The maximum atomic E-state index is 11.8. The minimum absolute atomic E-state index is 0.00262. The third-order valence-electron chi connectivity index (χ3n) is 3.24. The van der Waals surface area contributed by atoms with Crippen LogP contribution in [0, 0.1) is 5.92 Å². The Morgan fingerprint density at radius 2 is 2.10 bits per heavy atom. The highest BCUT2D eigenvalue weighted by atomic mass is 35.5. The molecule has 2 amide bonds. The fourth-order valence-electron chi connectivity index (χ4n) is 2.05. The van der Waals surface area contributed by atoms with Crippen LogP contribution < -0.4 is 10.6 Å². The van der Waals surface area contributed by atoms with E-state index in [-0.39, 0.29) is 12.6 Å². The van der Waals surface area contributed by atoms with Gasteiger partial charge in [-0.25, -0.2) is 0 Å². The predicted molar refractivity (Wildman–Crippen MR) is 76.4 cm³/mol. The lowest BCUT2D eigenvalue weighted by Gasteiger charge is -2.16. The molecule has 0 saturated heterocycles. The van der Waals surface area contributed by atoms with Crippen LogP contribution in [0.3, 0.4) is 0 Å². The topological polar surface area (TPSA) is 78.4 Å². The lowest BCUT2D eigenvalue weighted by molar-refractivity contribution is -0.136. The fourth-order valence-corrected chi connectivity index (χ4v) is 2.24. The van der Waals surface area contributed by atoms with Crippen LogP contribution in [0.4, 0.5) is 5.69 Å². The van der Waals surface area contributed by atoms with Gasteiger partial charge in [-0.2, -0.15) is 0 Å². The Balaban J connectivity index is 1.89. The van der Waals surface area contributed by atoms with Gasteiger partial charge in [-0.1, -0.05) is 17.7 Å². The van der Waals surface area contributed by atoms with Crippen LogP contribution in [0.25, 0.3) is 0 Å². The number of aliphatic hydroxyl groups is 1. The molecule has 1 aromatic carbocycles. The van der Waals surface area contributed by atoms with Crippen molar-refractivity contribution in [2.24, 2.45) is 5.92 Å². The van der Waals surface area contributed by atoms with E-state index in [0.717, 1.165) is 12.8 Å². The average molecular weight is 297 g/mol. The van der Waals surface area contributed by atoms with Crippen LogP contribution in [0.5, 0.6) is 0 Å². The second-order valence-electron chi connectivity index (χ2n) is 4.89. The summed E-state index contributed by atoms with van der Waals surface area (Å²) in [5, 5.41) is 14.6. The van der Waals surface area contributed by atoms with Crippen molar-refractivity contribution in [2.75, 3.05) is 11.9 Å². The number of benzene rings is 1. The Kier molecular flexibility index (Phi) is 4.98. The van der Waals surface area contributed by atoms with Gasteiger partial charge in [0.1, 0.15) is 0 Å². The van der Waals surface area contributed by atoms with E-state index in [0.29, 0.717) is 23.0 Å². The molecule has 1 fully saturated rings. The van der Waals surface area contributed by atoms with Crippen LogP contribution in [0.2, 0.25) is 5.02 Å². The molecule has 0 heterocycles. The zero-order chi connectivity index (χ0) is 14.5. The lowest BCUT2D eigenvalue weighted by Crippen LogP contribution is -2.43. The molecule has 1 aliphatic rings. The molecule has 0 spiro atoms. The second-order valence-corrected chi connectivity index (χ2v) is 5.33. The van der Waals surface area contributed by atoms with Crippen LogP contribution >= 0.6 is 11.6 Å². The Morgan fingerprint density at radius 1 is 1.35 bits per heavy atom. The smallest absolute Gasteiger partial charge is 0.313 e. The molecule has 0 radical (unpaired) electrons. The maximum Gasteiger partial charge on any atom is 0.313 e. The molecule has 3 N–H and O–H groups in total. The van der Waals surface area contributed by atoms with E-state index in [1.54, 1.807) is 24.3 Å². The Labute approximate surface area is 122 Å². The highest BCUT2D eigenvalue weighted by Gasteiger charge is 2.32. The number of amides is 2. The van der Waals surface area contributed by atoms with Crippen LogP contribution in [0.1, 0.15) is 19.3 Å². The molecule has 0 aromatic heterocycles. The largest absolute Gasteiger partial charge is 0.396 e. The summed E-state index contributed by atoms with van der Waals surface area (Å²) in [7, 11) is 0. The molecule has 5 nitrogen and oxygen atoms in total. The van der Waals surface area contributed by atoms with E-state index in [1.807, 2.05) is 0 Å². The summed E-state index contributed by atoms with van der Waals surface area (Å²) in [6.07, 6.45) is 2.53. The van der Waals surface area contributed by atoms with Gasteiger partial charge < -0.3 is 15.7 Å². The Bertz CT molecular complexity index is 503. The standard InChI is InChI=1S/C14H17ClN2O3/c15-10-2-1-3-11(8-10)16-13(19)14(20)17-12(6-7-18)9-4-5-9/h1-3,8-9,12,18H,4-7H2,(H,16,19)(H,17,20). The quantitative estimate of drug-likeness (QED) is 0.722. The molecule has 1 aliphatic carbocycles. The second kappa shape index (κ2) is 6.72. The molecule has 1 unspecified atom stereocenters. The molecule has 2 rings (SSSR count). The van der Waals surface area contributed by atoms with Crippen LogP contribution in [-0.4, -0.2) is 29.6 Å².